The molecule has 2 unspecified atom stereocenters. The van der Waals surface area contributed by atoms with Gasteiger partial charge in [0.15, 0.2) is 0 Å². The molecular weight excluding hydrogens is 465 g/mol. The van der Waals surface area contributed by atoms with Crippen molar-refractivity contribution in [3.63, 3.8) is 0 Å². The van der Waals surface area contributed by atoms with Crippen molar-refractivity contribution in [3.8, 4) is 0 Å². The Labute approximate surface area is 205 Å². The van der Waals surface area contributed by atoms with Crippen molar-refractivity contribution in [3.05, 3.63) is 39.9 Å². The Morgan fingerprint density at radius 2 is 1.94 bits per heavy atom. The summed E-state index contributed by atoms with van der Waals surface area (Å²) in [6.07, 6.45) is 3.03. The number of aliphatic hydroxyl groups excluding tert-OH is 2. The van der Waals surface area contributed by atoms with Crippen LogP contribution in [-0.2, 0) is 9.59 Å². The molecule has 2 aliphatic rings. The van der Waals surface area contributed by atoms with E-state index in [2.05, 4.69) is 4.90 Å². The fraction of sp³-hybridized carbons (Fsp3) is 0.583. The normalized spacial score (nSPS) is 23.1. The number of benzene rings is 1. The zero-order valence-electron chi connectivity index (χ0n) is 19.2. The van der Waals surface area contributed by atoms with Gasteiger partial charge in [0, 0.05) is 63.7 Å². The van der Waals surface area contributed by atoms with Crippen LogP contribution in [0.4, 0.5) is 0 Å². The van der Waals surface area contributed by atoms with E-state index in [0.717, 1.165) is 12.1 Å². The highest BCUT2D eigenvalue weighted by Crippen LogP contribution is 2.29. The molecule has 1 aromatic carbocycles. The molecule has 0 spiro atoms. The minimum absolute atomic E-state index is 0.0628. The van der Waals surface area contributed by atoms with Gasteiger partial charge in [0.05, 0.1) is 22.3 Å². The molecule has 2 N–H and O–H groups in total. The van der Waals surface area contributed by atoms with Gasteiger partial charge in [-0.05, 0) is 30.2 Å². The van der Waals surface area contributed by atoms with Gasteiger partial charge < -0.3 is 20.0 Å². The Morgan fingerprint density at radius 1 is 1.18 bits per heavy atom. The van der Waals surface area contributed by atoms with E-state index in [1.807, 2.05) is 13.8 Å². The first kappa shape index (κ1) is 26.0. The number of piperidine rings is 1. The minimum Gasteiger partial charge on any atom is -0.392 e. The topological polar surface area (TPSA) is 84.3 Å². The molecule has 0 aromatic heterocycles. The predicted molar refractivity (Wildman–Crippen MR) is 130 cm³/mol. The Hall–Kier alpha value is -1.64. The number of carbonyl (C=O) groups is 2. The lowest BCUT2D eigenvalue weighted by Gasteiger charge is -2.42. The average molecular weight is 498 g/mol. The second kappa shape index (κ2) is 11.2. The lowest BCUT2D eigenvalue weighted by molar-refractivity contribution is -0.132. The molecule has 0 bridgehead atoms. The quantitative estimate of drug-likeness (QED) is 0.589. The van der Waals surface area contributed by atoms with Gasteiger partial charge in [0.25, 0.3) is 0 Å². The van der Waals surface area contributed by atoms with Crippen molar-refractivity contribution in [2.24, 2.45) is 5.41 Å². The van der Waals surface area contributed by atoms with Crippen LogP contribution in [0.2, 0.25) is 10.0 Å². The zero-order chi connectivity index (χ0) is 24.2. The zero-order valence-corrected chi connectivity index (χ0v) is 20.7. The van der Waals surface area contributed by atoms with Crippen LogP contribution >= 0.6 is 23.2 Å². The molecule has 0 saturated carbocycles. The highest BCUT2D eigenvalue weighted by atomic mass is 35.5. The summed E-state index contributed by atoms with van der Waals surface area (Å²) in [5.41, 5.74) is 0.545. The molecule has 2 saturated heterocycles. The summed E-state index contributed by atoms with van der Waals surface area (Å²) >= 11 is 11.9. The van der Waals surface area contributed by atoms with Crippen LogP contribution in [0, 0.1) is 5.41 Å². The van der Waals surface area contributed by atoms with Gasteiger partial charge in [-0.1, -0.05) is 43.1 Å². The lowest BCUT2D eigenvalue weighted by Crippen LogP contribution is -2.52. The highest BCUT2D eigenvalue weighted by molar-refractivity contribution is 6.42. The number of nitrogens with zero attached hydrogens (tertiary/aromatic N) is 3. The van der Waals surface area contributed by atoms with Gasteiger partial charge >= 0.3 is 0 Å². The fourth-order valence-corrected chi connectivity index (χ4v) is 4.70. The number of β-amino-alcohol motifs (C(OH)–C–C–N with tert-alkyl or cyclic N) is 1. The van der Waals surface area contributed by atoms with E-state index in [0.29, 0.717) is 49.2 Å². The first-order valence-electron chi connectivity index (χ1n) is 11.3. The van der Waals surface area contributed by atoms with Gasteiger partial charge in [-0.3, -0.25) is 14.5 Å². The monoisotopic (exact) mass is 497 g/mol. The van der Waals surface area contributed by atoms with E-state index < -0.39 is 6.10 Å². The lowest BCUT2D eigenvalue weighted by atomic mass is 9.81. The summed E-state index contributed by atoms with van der Waals surface area (Å²) in [6.45, 7) is 7.29. The molecule has 2 heterocycles. The standard InChI is InChI=1S/C24H33Cl2N3O4/c1-24(2)16-27(9-7-21(24)31)14-18(30)15-29-12-11-28(10-8-23(29)33)22(32)6-4-17-3-5-19(25)20(26)13-17/h3-6,13,18,21,30-31H,7-12,14-16H2,1-2H3/b6-4+. The number of halogens is 2. The number of hydrogen-bond donors (Lipinski definition) is 2. The van der Waals surface area contributed by atoms with E-state index in [4.69, 9.17) is 23.2 Å². The number of amides is 2. The van der Waals surface area contributed by atoms with Crippen LogP contribution in [0.5, 0.6) is 0 Å². The van der Waals surface area contributed by atoms with Gasteiger partial charge in [0.2, 0.25) is 11.8 Å². The smallest absolute Gasteiger partial charge is 0.246 e. The Bertz CT molecular complexity index is 892. The van der Waals surface area contributed by atoms with Gasteiger partial charge in [-0.15, -0.1) is 0 Å². The maximum atomic E-state index is 12.6. The first-order chi connectivity index (χ1) is 15.5. The van der Waals surface area contributed by atoms with Crippen LogP contribution < -0.4 is 0 Å². The van der Waals surface area contributed by atoms with Crippen molar-refractivity contribution < 1.29 is 19.8 Å². The maximum absolute atomic E-state index is 12.6. The summed E-state index contributed by atoms with van der Waals surface area (Å²) in [4.78, 5) is 30.7. The van der Waals surface area contributed by atoms with Gasteiger partial charge in [-0.2, -0.15) is 0 Å². The maximum Gasteiger partial charge on any atom is 0.246 e. The van der Waals surface area contributed by atoms with Crippen LogP contribution in [0.1, 0.15) is 32.3 Å². The van der Waals surface area contributed by atoms with E-state index >= 15 is 0 Å². The predicted octanol–water partition coefficient (Wildman–Crippen LogP) is 2.52. The molecule has 2 amide bonds. The van der Waals surface area contributed by atoms with Crippen LogP contribution in [-0.4, -0.2) is 94.7 Å². The summed E-state index contributed by atoms with van der Waals surface area (Å²) in [7, 11) is 0. The first-order valence-corrected chi connectivity index (χ1v) is 12.1. The Kier molecular flexibility index (Phi) is 8.81. The molecule has 2 atom stereocenters. The summed E-state index contributed by atoms with van der Waals surface area (Å²) in [5, 5.41) is 21.6. The van der Waals surface area contributed by atoms with Crippen molar-refractivity contribution in [1.29, 1.82) is 0 Å². The van der Waals surface area contributed by atoms with Gasteiger partial charge in [-0.25, -0.2) is 0 Å². The van der Waals surface area contributed by atoms with Crippen molar-refractivity contribution >= 4 is 41.1 Å². The van der Waals surface area contributed by atoms with Crippen molar-refractivity contribution in [1.82, 2.24) is 14.7 Å². The third-order valence-electron chi connectivity index (χ3n) is 6.41. The number of likely N-dealkylation sites (tertiary alicyclic amines) is 1. The second-order valence-electron chi connectivity index (χ2n) is 9.60. The van der Waals surface area contributed by atoms with Gasteiger partial charge in [0.1, 0.15) is 0 Å². The average Bonchev–Trinajstić information content (AvgIpc) is 2.93. The molecule has 182 valence electrons. The summed E-state index contributed by atoms with van der Waals surface area (Å²) in [6, 6.07) is 5.14. The third kappa shape index (κ3) is 7.17. The highest BCUT2D eigenvalue weighted by Gasteiger charge is 2.35. The van der Waals surface area contributed by atoms with Crippen LogP contribution in [0.3, 0.4) is 0 Å². The van der Waals surface area contributed by atoms with Crippen LogP contribution in [0.25, 0.3) is 6.08 Å². The van der Waals surface area contributed by atoms with E-state index in [-0.39, 0.29) is 36.3 Å². The van der Waals surface area contributed by atoms with Crippen molar-refractivity contribution in [2.75, 3.05) is 45.8 Å². The number of hydrogen-bond acceptors (Lipinski definition) is 5. The summed E-state index contributed by atoms with van der Waals surface area (Å²) in [5.74, 6) is -0.238. The molecule has 9 heteroatoms. The number of carbonyl (C=O) groups excluding carboxylic acids is 2. The molecule has 1 aromatic rings. The molecule has 7 nitrogen and oxygen atoms in total. The molecule has 2 fully saturated rings. The SMILES string of the molecule is CC1(C)CN(CC(O)CN2CCN(C(=O)/C=C/c3ccc(Cl)c(Cl)c3)CCC2=O)CCC1O. The molecule has 3 rings (SSSR count). The molecule has 0 radical (unpaired) electrons. The number of rotatable bonds is 6. The minimum atomic E-state index is -0.684. The molecular formula is C24H33Cl2N3O4. The second-order valence-corrected chi connectivity index (χ2v) is 10.4. The Balaban J connectivity index is 1.51. The van der Waals surface area contributed by atoms with Crippen LogP contribution in [0.15, 0.2) is 24.3 Å². The fourth-order valence-electron chi connectivity index (χ4n) is 4.39. The van der Waals surface area contributed by atoms with E-state index in [9.17, 15) is 19.8 Å². The summed E-state index contributed by atoms with van der Waals surface area (Å²) < 4.78 is 0. The van der Waals surface area contributed by atoms with E-state index in [1.54, 1.807) is 34.1 Å². The number of aliphatic hydroxyl groups is 2. The largest absolute Gasteiger partial charge is 0.392 e. The third-order valence-corrected chi connectivity index (χ3v) is 7.15. The molecule has 0 aliphatic carbocycles. The van der Waals surface area contributed by atoms with Crippen molar-refractivity contribution in [2.45, 2.75) is 38.9 Å². The molecule has 33 heavy (non-hydrogen) atoms. The van der Waals surface area contributed by atoms with E-state index in [1.165, 1.54) is 6.08 Å². The Morgan fingerprint density at radius 3 is 2.64 bits per heavy atom. The molecule has 2 aliphatic heterocycles.